The van der Waals surface area contributed by atoms with Gasteiger partial charge in [-0.1, -0.05) is 25.5 Å². The van der Waals surface area contributed by atoms with Crippen LogP contribution in [0.1, 0.15) is 54.6 Å². The van der Waals surface area contributed by atoms with E-state index in [0.717, 1.165) is 24.8 Å². The Morgan fingerprint density at radius 1 is 1.03 bits per heavy atom. The lowest BCUT2D eigenvalue weighted by molar-refractivity contribution is 0.0935. The van der Waals surface area contributed by atoms with Crippen molar-refractivity contribution >= 4 is 15.9 Å². The van der Waals surface area contributed by atoms with Crippen LogP contribution in [0, 0.1) is 0 Å². The summed E-state index contributed by atoms with van der Waals surface area (Å²) in [7, 11) is -0.462. The summed E-state index contributed by atoms with van der Waals surface area (Å²) in [4.78, 5) is 13.1. The van der Waals surface area contributed by atoms with Gasteiger partial charge in [-0.3, -0.25) is 4.79 Å². The van der Waals surface area contributed by atoms with E-state index in [9.17, 15) is 13.2 Å². The molecule has 1 atom stereocenters. The van der Waals surface area contributed by atoms with E-state index in [2.05, 4.69) is 5.32 Å². The molecule has 0 radical (unpaired) electrons. The zero-order valence-corrected chi connectivity index (χ0v) is 19.1. The van der Waals surface area contributed by atoms with Crippen molar-refractivity contribution in [2.24, 2.45) is 0 Å². The summed E-state index contributed by atoms with van der Waals surface area (Å²) < 4.78 is 38.1. The summed E-state index contributed by atoms with van der Waals surface area (Å²) in [6, 6.07) is 11.5. The molecule has 1 saturated heterocycles. The van der Waals surface area contributed by atoms with E-state index in [1.807, 2.05) is 19.1 Å². The maximum atomic E-state index is 13.0. The first kappa shape index (κ1) is 23.1. The summed E-state index contributed by atoms with van der Waals surface area (Å²) in [5.74, 6) is 0.878. The smallest absolute Gasteiger partial charge is 0.251 e. The Morgan fingerprint density at radius 2 is 1.74 bits per heavy atom. The number of carbonyl (C=O) groups is 1. The Hall–Kier alpha value is -2.58. The maximum absolute atomic E-state index is 13.0. The Kier molecular flexibility index (Phi) is 7.56. The number of carbonyl (C=O) groups excluding carboxylic acids is 1. The molecule has 7 nitrogen and oxygen atoms in total. The van der Waals surface area contributed by atoms with Crippen molar-refractivity contribution in [2.75, 3.05) is 27.3 Å². The third-order valence-corrected chi connectivity index (χ3v) is 7.47. The molecular weight excluding hydrogens is 416 g/mol. The number of nitrogens with one attached hydrogen (secondary N) is 1. The van der Waals surface area contributed by atoms with Gasteiger partial charge in [0.05, 0.1) is 25.2 Å². The molecule has 1 fully saturated rings. The molecule has 1 unspecified atom stereocenters. The molecule has 1 amide bonds. The third kappa shape index (κ3) is 5.19. The highest BCUT2D eigenvalue weighted by atomic mass is 32.2. The lowest BCUT2D eigenvalue weighted by atomic mass is 10.0. The van der Waals surface area contributed by atoms with Gasteiger partial charge in [0.2, 0.25) is 10.0 Å². The van der Waals surface area contributed by atoms with Crippen LogP contribution in [-0.4, -0.2) is 45.9 Å². The molecule has 31 heavy (non-hydrogen) atoms. The fourth-order valence-electron chi connectivity index (χ4n) is 3.78. The first-order valence-corrected chi connectivity index (χ1v) is 12.0. The standard InChI is InChI=1S/C23H30N2O5S/c1-4-20(17-11-12-21(29-2)22(16-17)30-3)24-23(26)18-9-8-10-19(15-18)31(27,28)25-13-6-5-7-14-25/h8-12,15-16,20H,4-7,13-14H2,1-3H3,(H,24,26). The van der Waals surface area contributed by atoms with E-state index in [-0.39, 0.29) is 16.8 Å². The van der Waals surface area contributed by atoms with Gasteiger partial charge in [-0.05, 0) is 55.2 Å². The average molecular weight is 447 g/mol. The predicted molar refractivity (Wildman–Crippen MR) is 119 cm³/mol. The van der Waals surface area contributed by atoms with Crippen LogP contribution >= 0.6 is 0 Å². The molecular formula is C23H30N2O5S. The molecule has 0 aliphatic carbocycles. The average Bonchev–Trinajstić information content (AvgIpc) is 2.82. The highest BCUT2D eigenvalue weighted by Crippen LogP contribution is 2.31. The van der Waals surface area contributed by atoms with Crippen LogP contribution in [0.15, 0.2) is 47.4 Å². The molecule has 8 heteroatoms. The number of nitrogens with zero attached hydrogens (tertiary/aromatic N) is 1. The van der Waals surface area contributed by atoms with Gasteiger partial charge >= 0.3 is 0 Å². The lowest BCUT2D eigenvalue weighted by Crippen LogP contribution is -2.35. The van der Waals surface area contributed by atoms with Crippen molar-refractivity contribution in [1.82, 2.24) is 9.62 Å². The van der Waals surface area contributed by atoms with Crippen LogP contribution in [0.2, 0.25) is 0 Å². The van der Waals surface area contributed by atoms with Crippen LogP contribution in [0.5, 0.6) is 11.5 Å². The molecule has 3 rings (SSSR count). The van der Waals surface area contributed by atoms with Crippen LogP contribution in [-0.2, 0) is 10.0 Å². The SMILES string of the molecule is CCC(NC(=O)c1cccc(S(=O)(=O)N2CCCCC2)c1)c1ccc(OC)c(OC)c1. The van der Waals surface area contributed by atoms with Crippen molar-refractivity contribution in [3.8, 4) is 11.5 Å². The van der Waals surface area contributed by atoms with Crippen LogP contribution < -0.4 is 14.8 Å². The van der Waals surface area contributed by atoms with E-state index in [0.29, 0.717) is 36.6 Å². The number of sulfonamides is 1. The van der Waals surface area contributed by atoms with E-state index < -0.39 is 10.0 Å². The Morgan fingerprint density at radius 3 is 2.39 bits per heavy atom. The summed E-state index contributed by atoms with van der Waals surface area (Å²) in [5, 5.41) is 3.00. The van der Waals surface area contributed by atoms with Crippen molar-refractivity contribution in [3.63, 3.8) is 0 Å². The summed E-state index contributed by atoms with van der Waals surface area (Å²) in [6.45, 7) is 3.02. The van der Waals surface area contributed by atoms with E-state index in [1.54, 1.807) is 38.5 Å². The van der Waals surface area contributed by atoms with Gasteiger partial charge in [0.25, 0.3) is 5.91 Å². The summed E-state index contributed by atoms with van der Waals surface area (Å²) in [6.07, 6.45) is 3.43. The molecule has 1 heterocycles. The van der Waals surface area contributed by atoms with E-state index in [4.69, 9.17) is 9.47 Å². The quantitative estimate of drug-likeness (QED) is 0.667. The number of methoxy groups -OCH3 is 2. The predicted octanol–water partition coefficient (Wildman–Crippen LogP) is 3.76. The van der Waals surface area contributed by atoms with E-state index in [1.165, 1.54) is 10.4 Å². The second-order valence-corrected chi connectivity index (χ2v) is 9.48. The minimum absolute atomic E-state index is 0.154. The molecule has 1 aliphatic rings. The van der Waals surface area contributed by atoms with E-state index >= 15 is 0 Å². The van der Waals surface area contributed by atoms with Gasteiger partial charge < -0.3 is 14.8 Å². The second-order valence-electron chi connectivity index (χ2n) is 7.54. The zero-order valence-electron chi connectivity index (χ0n) is 18.3. The number of hydrogen-bond acceptors (Lipinski definition) is 5. The number of ether oxygens (including phenoxy) is 2. The highest BCUT2D eigenvalue weighted by Gasteiger charge is 2.26. The maximum Gasteiger partial charge on any atom is 0.251 e. The molecule has 2 aromatic carbocycles. The fraction of sp³-hybridized carbons (Fsp3) is 0.435. The molecule has 0 bridgehead atoms. The number of benzene rings is 2. The van der Waals surface area contributed by atoms with Gasteiger partial charge in [-0.25, -0.2) is 8.42 Å². The van der Waals surface area contributed by atoms with Gasteiger partial charge in [0, 0.05) is 18.7 Å². The van der Waals surface area contributed by atoms with Crippen molar-refractivity contribution < 1.29 is 22.7 Å². The van der Waals surface area contributed by atoms with Gasteiger partial charge in [0.15, 0.2) is 11.5 Å². The van der Waals surface area contributed by atoms with Crippen molar-refractivity contribution in [2.45, 2.75) is 43.5 Å². The Labute approximate surface area is 184 Å². The van der Waals surface area contributed by atoms with Crippen molar-refractivity contribution in [3.05, 3.63) is 53.6 Å². The molecule has 1 N–H and O–H groups in total. The van der Waals surface area contributed by atoms with Gasteiger partial charge in [-0.2, -0.15) is 4.31 Å². The van der Waals surface area contributed by atoms with Crippen LogP contribution in [0.3, 0.4) is 0 Å². The fourth-order valence-corrected chi connectivity index (χ4v) is 5.35. The lowest BCUT2D eigenvalue weighted by Gasteiger charge is -2.26. The minimum Gasteiger partial charge on any atom is -0.493 e. The van der Waals surface area contributed by atoms with Crippen molar-refractivity contribution in [1.29, 1.82) is 0 Å². The number of rotatable bonds is 8. The first-order chi connectivity index (χ1) is 14.9. The largest absolute Gasteiger partial charge is 0.493 e. The third-order valence-electron chi connectivity index (χ3n) is 5.57. The normalized spacial score (nSPS) is 15.8. The summed E-state index contributed by atoms with van der Waals surface area (Å²) >= 11 is 0. The minimum atomic E-state index is -3.60. The Balaban J connectivity index is 1.80. The Bertz CT molecular complexity index is 1020. The number of amides is 1. The summed E-state index contributed by atoms with van der Waals surface area (Å²) in [5.41, 5.74) is 1.20. The number of piperidine rings is 1. The molecule has 0 saturated carbocycles. The topological polar surface area (TPSA) is 84.9 Å². The van der Waals surface area contributed by atoms with Gasteiger partial charge in [-0.15, -0.1) is 0 Å². The molecule has 0 spiro atoms. The van der Waals surface area contributed by atoms with Gasteiger partial charge in [0.1, 0.15) is 0 Å². The van der Waals surface area contributed by atoms with Crippen LogP contribution in [0.25, 0.3) is 0 Å². The zero-order chi connectivity index (χ0) is 22.4. The monoisotopic (exact) mass is 446 g/mol. The van der Waals surface area contributed by atoms with Crippen LogP contribution in [0.4, 0.5) is 0 Å². The molecule has 168 valence electrons. The molecule has 2 aromatic rings. The molecule has 1 aliphatic heterocycles. The number of hydrogen-bond donors (Lipinski definition) is 1. The highest BCUT2D eigenvalue weighted by molar-refractivity contribution is 7.89. The molecule has 0 aromatic heterocycles. The first-order valence-electron chi connectivity index (χ1n) is 10.5. The second kappa shape index (κ2) is 10.2.